The van der Waals surface area contributed by atoms with Gasteiger partial charge in [-0.1, -0.05) is 13.3 Å². The molecule has 1 aliphatic carbocycles. The monoisotopic (exact) mass is 245 g/mol. The summed E-state index contributed by atoms with van der Waals surface area (Å²) in [5.74, 6) is 2.08. The van der Waals surface area contributed by atoms with Gasteiger partial charge < -0.3 is 10.6 Å². The van der Waals surface area contributed by atoms with E-state index in [9.17, 15) is 0 Å². The van der Waals surface area contributed by atoms with Crippen LogP contribution in [0.25, 0.3) is 0 Å². The Morgan fingerprint density at radius 2 is 2.28 bits per heavy atom. The molecule has 0 aromatic carbocycles. The number of anilines is 1. The number of nitrogens with two attached hydrogens (primary N) is 1. The van der Waals surface area contributed by atoms with Crippen molar-refractivity contribution in [1.29, 1.82) is 0 Å². The summed E-state index contributed by atoms with van der Waals surface area (Å²) in [7, 11) is 0. The number of aromatic nitrogens is 1. The summed E-state index contributed by atoms with van der Waals surface area (Å²) in [5.41, 5.74) is 8.25. The van der Waals surface area contributed by atoms with Crippen molar-refractivity contribution in [2.45, 2.75) is 51.6 Å². The molecule has 2 fully saturated rings. The van der Waals surface area contributed by atoms with Gasteiger partial charge in [-0.3, -0.25) is 0 Å². The molecule has 2 N–H and O–H groups in total. The van der Waals surface area contributed by atoms with Crippen LogP contribution in [0, 0.1) is 5.92 Å². The van der Waals surface area contributed by atoms with Crippen molar-refractivity contribution in [3.63, 3.8) is 0 Å². The van der Waals surface area contributed by atoms with Crippen LogP contribution in [0.15, 0.2) is 12.1 Å². The van der Waals surface area contributed by atoms with Gasteiger partial charge in [0.1, 0.15) is 5.82 Å². The second kappa shape index (κ2) is 4.88. The van der Waals surface area contributed by atoms with Crippen LogP contribution in [-0.4, -0.2) is 17.6 Å². The minimum atomic E-state index is 0.619. The molecule has 2 bridgehead atoms. The normalized spacial score (nSPS) is 26.0. The Labute approximate surface area is 109 Å². The summed E-state index contributed by atoms with van der Waals surface area (Å²) < 4.78 is 0. The standard InChI is InChI=1S/C15H23N3/c1-2-3-13-6-12(9-16)8-15(17-13)18-10-11-4-5-14(18)7-11/h6,8,11,14H,2-5,7,9-10,16H2,1H3. The maximum atomic E-state index is 5.81. The molecule has 2 heterocycles. The van der Waals surface area contributed by atoms with Crippen molar-refractivity contribution < 1.29 is 0 Å². The first-order valence-electron chi connectivity index (χ1n) is 7.26. The molecule has 1 aliphatic heterocycles. The van der Waals surface area contributed by atoms with Crippen LogP contribution in [0.3, 0.4) is 0 Å². The number of hydrogen-bond acceptors (Lipinski definition) is 3. The Morgan fingerprint density at radius 3 is 2.89 bits per heavy atom. The molecule has 3 nitrogen and oxygen atoms in total. The molecule has 1 saturated heterocycles. The Balaban J connectivity index is 1.88. The fourth-order valence-corrected chi connectivity index (χ4v) is 3.49. The van der Waals surface area contributed by atoms with Gasteiger partial charge in [-0.2, -0.15) is 0 Å². The summed E-state index contributed by atoms with van der Waals surface area (Å²) in [6.07, 6.45) is 6.34. The third-order valence-corrected chi connectivity index (χ3v) is 4.37. The first-order valence-corrected chi connectivity index (χ1v) is 7.26. The summed E-state index contributed by atoms with van der Waals surface area (Å²) in [5, 5.41) is 0. The molecule has 3 rings (SSSR count). The molecule has 98 valence electrons. The Hall–Kier alpha value is -1.09. The van der Waals surface area contributed by atoms with E-state index in [1.165, 1.54) is 42.9 Å². The van der Waals surface area contributed by atoms with Crippen LogP contribution in [0.4, 0.5) is 5.82 Å². The molecule has 0 radical (unpaired) electrons. The molecule has 1 aromatic heterocycles. The lowest BCUT2D eigenvalue weighted by Crippen LogP contribution is -2.32. The topological polar surface area (TPSA) is 42.1 Å². The van der Waals surface area contributed by atoms with E-state index in [-0.39, 0.29) is 0 Å². The van der Waals surface area contributed by atoms with E-state index in [0.29, 0.717) is 6.54 Å². The van der Waals surface area contributed by atoms with Crippen LogP contribution in [0.5, 0.6) is 0 Å². The number of rotatable bonds is 4. The van der Waals surface area contributed by atoms with Gasteiger partial charge in [0.15, 0.2) is 0 Å². The zero-order valence-corrected chi connectivity index (χ0v) is 11.2. The Bertz CT molecular complexity index is 430. The number of hydrogen-bond donors (Lipinski definition) is 1. The minimum Gasteiger partial charge on any atom is -0.353 e. The lowest BCUT2D eigenvalue weighted by Gasteiger charge is -2.28. The van der Waals surface area contributed by atoms with E-state index >= 15 is 0 Å². The largest absolute Gasteiger partial charge is 0.353 e. The van der Waals surface area contributed by atoms with Crippen molar-refractivity contribution in [2.24, 2.45) is 11.7 Å². The maximum absolute atomic E-state index is 5.81. The van der Waals surface area contributed by atoms with E-state index in [2.05, 4.69) is 24.0 Å². The predicted molar refractivity (Wildman–Crippen MR) is 74.6 cm³/mol. The lowest BCUT2D eigenvalue weighted by atomic mass is 10.1. The number of fused-ring (bicyclic) bond motifs is 2. The highest BCUT2D eigenvalue weighted by molar-refractivity contribution is 5.46. The second-order valence-electron chi connectivity index (χ2n) is 5.76. The summed E-state index contributed by atoms with van der Waals surface area (Å²) in [6.45, 7) is 4.03. The molecule has 2 unspecified atom stereocenters. The maximum Gasteiger partial charge on any atom is 0.129 e. The first-order chi connectivity index (χ1) is 8.80. The highest BCUT2D eigenvalue weighted by atomic mass is 15.2. The van der Waals surface area contributed by atoms with Crippen molar-refractivity contribution in [3.05, 3.63) is 23.4 Å². The first kappa shape index (κ1) is 12.0. The third-order valence-electron chi connectivity index (χ3n) is 4.37. The average Bonchev–Trinajstić information content (AvgIpc) is 3.01. The molecule has 0 spiro atoms. The van der Waals surface area contributed by atoms with Crippen molar-refractivity contribution in [2.75, 3.05) is 11.4 Å². The van der Waals surface area contributed by atoms with Crippen LogP contribution >= 0.6 is 0 Å². The van der Waals surface area contributed by atoms with Crippen LogP contribution in [0.2, 0.25) is 0 Å². The van der Waals surface area contributed by atoms with Gasteiger partial charge in [0, 0.05) is 24.8 Å². The minimum absolute atomic E-state index is 0.619. The molecular weight excluding hydrogens is 222 g/mol. The molecule has 1 aromatic rings. The quantitative estimate of drug-likeness (QED) is 0.886. The molecule has 1 saturated carbocycles. The Kier molecular flexibility index (Phi) is 3.25. The zero-order chi connectivity index (χ0) is 12.5. The third kappa shape index (κ3) is 2.12. The molecule has 2 aliphatic rings. The number of aryl methyl sites for hydroxylation is 1. The molecular formula is C15H23N3. The summed E-state index contributed by atoms with van der Waals surface area (Å²) in [6, 6.07) is 5.10. The van der Waals surface area contributed by atoms with E-state index < -0.39 is 0 Å². The van der Waals surface area contributed by atoms with Gasteiger partial charge in [0.2, 0.25) is 0 Å². The van der Waals surface area contributed by atoms with Gasteiger partial charge in [-0.15, -0.1) is 0 Å². The van der Waals surface area contributed by atoms with E-state index in [0.717, 1.165) is 24.8 Å². The predicted octanol–water partition coefficient (Wildman–Crippen LogP) is 2.48. The zero-order valence-electron chi connectivity index (χ0n) is 11.2. The van der Waals surface area contributed by atoms with Gasteiger partial charge >= 0.3 is 0 Å². The highest BCUT2D eigenvalue weighted by Gasteiger charge is 2.38. The number of nitrogens with zero attached hydrogens (tertiary/aromatic N) is 2. The molecule has 2 atom stereocenters. The van der Waals surface area contributed by atoms with Gasteiger partial charge in [0.25, 0.3) is 0 Å². The Morgan fingerprint density at radius 1 is 1.39 bits per heavy atom. The fourth-order valence-electron chi connectivity index (χ4n) is 3.49. The second-order valence-corrected chi connectivity index (χ2v) is 5.76. The smallest absolute Gasteiger partial charge is 0.129 e. The van der Waals surface area contributed by atoms with Crippen LogP contribution in [-0.2, 0) is 13.0 Å². The summed E-state index contributed by atoms with van der Waals surface area (Å²) in [4.78, 5) is 7.36. The molecule has 0 amide bonds. The van der Waals surface area contributed by atoms with Gasteiger partial charge in [-0.05, 0) is 49.3 Å². The highest BCUT2D eigenvalue weighted by Crippen LogP contribution is 2.39. The van der Waals surface area contributed by atoms with Crippen LogP contribution in [0.1, 0.15) is 43.9 Å². The van der Waals surface area contributed by atoms with E-state index in [4.69, 9.17) is 10.7 Å². The number of piperidine rings is 1. The van der Waals surface area contributed by atoms with E-state index in [1.807, 2.05) is 0 Å². The van der Waals surface area contributed by atoms with Crippen molar-refractivity contribution in [3.8, 4) is 0 Å². The SMILES string of the molecule is CCCc1cc(CN)cc(N2CC3CCC2C3)n1. The van der Waals surface area contributed by atoms with E-state index in [1.54, 1.807) is 0 Å². The number of pyridine rings is 1. The molecule has 18 heavy (non-hydrogen) atoms. The van der Waals surface area contributed by atoms with Crippen LogP contribution < -0.4 is 10.6 Å². The van der Waals surface area contributed by atoms with Gasteiger partial charge in [0.05, 0.1) is 0 Å². The molecule has 3 heteroatoms. The van der Waals surface area contributed by atoms with Crippen molar-refractivity contribution in [1.82, 2.24) is 4.98 Å². The average molecular weight is 245 g/mol. The lowest BCUT2D eigenvalue weighted by molar-refractivity contribution is 0.549. The summed E-state index contributed by atoms with van der Waals surface area (Å²) >= 11 is 0. The fraction of sp³-hybridized carbons (Fsp3) is 0.667. The van der Waals surface area contributed by atoms with Crippen molar-refractivity contribution >= 4 is 5.82 Å². The van der Waals surface area contributed by atoms with Gasteiger partial charge in [-0.25, -0.2) is 4.98 Å².